The van der Waals surface area contributed by atoms with Crippen LogP contribution in [-0.4, -0.2) is 16.7 Å². The molecule has 0 aliphatic carbocycles. The van der Waals surface area contributed by atoms with Gasteiger partial charge in [-0.05, 0) is 48.2 Å². The number of hydrogen-bond acceptors (Lipinski definition) is 2. The largest absolute Gasteiger partial charge is 0.385 e. The fourth-order valence-electron chi connectivity index (χ4n) is 2.44. The molecule has 1 heterocycles. The van der Waals surface area contributed by atoms with Gasteiger partial charge >= 0.3 is 0 Å². The van der Waals surface area contributed by atoms with Gasteiger partial charge in [0.05, 0.1) is 6.20 Å². The zero-order valence-corrected chi connectivity index (χ0v) is 11.7. The van der Waals surface area contributed by atoms with Crippen LogP contribution in [0.4, 0.5) is 5.69 Å². The Hall–Kier alpha value is -2.29. The van der Waals surface area contributed by atoms with Crippen LogP contribution in [0.3, 0.4) is 0 Å². The maximum atomic E-state index is 4.05. The molecule has 102 valence electrons. The summed E-state index contributed by atoms with van der Waals surface area (Å²) in [5.41, 5.74) is 3.67. The Morgan fingerprint density at radius 2 is 1.95 bits per heavy atom. The molecule has 0 bridgehead atoms. The van der Waals surface area contributed by atoms with Crippen molar-refractivity contribution < 1.29 is 0 Å². The number of fused-ring (bicyclic) bond motifs is 1. The molecular weight excluding hydrogens is 246 g/mol. The lowest BCUT2D eigenvalue weighted by molar-refractivity contribution is 0.857. The van der Waals surface area contributed by atoms with Crippen LogP contribution in [0.15, 0.2) is 48.7 Å². The molecule has 3 heteroatoms. The van der Waals surface area contributed by atoms with Crippen LogP contribution in [0, 0.1) is 6.92 Å². The predicted molar refractivity (Wildman–Crippen MR) is 84.1 cm³/mol. The fraction of sp³-hybridized carbons (Fsp3) is 0.235. The summed E-state index contributed by atoms with van der Waals surface area (Å²) < 4.78 is 0. The summed E-state index contributed by atoms with van der Waals surface area (Å²) in [4.78, 5) is 0. The van der Waals surface area contributed by atoms with Crippen molar-refractivity contribution in [2.45, 2.75) is 19.8 Å². The van der Waals surface area contributed by atoms with E-state index in [1.807, 2.05) is 6.20 Å². The zero-order chi connectivity index (χ0) is 13.8. The number of rotatable bonds is 5. The highest BCUT2D eigenvalue weighted by atomic mass is 15.1. The molecule has 3 aromatic rings. The van der Waals surface area contributed by atoms with Crippen molar-refractivity contribution in [3.05, 3.63) is 59.9 Å². The third kappa shape index (κ3) is 2.82. The minimum atomic E-state index is 0.975. The van der Waals surface area contributed by atoms with E-state index >= 15 is 0 Å². The number of nitrogens with zero attached hydrogens (tertiary/aromatic N) is 1. The number of nitrogens with one attached hydrogen (secondary N) is 2. The molecule has 0 aliphatic rings. The number of aromatic amines is 1. The Balaban J connectivity index is 1.56. The van der Waals surface area contributed by atoms with E-state index in [0.717, 1.165) is 19.4 Å². The minimum absolute atomic E-state index is 0.975. The first kappa shape index (κ1) is 12.7. The predicted octanol–water partition coefficient (Wildman–Crippen LogP) is 3.92. The normalized spacial score (nSPS) is 10.8. The third-order valence-corrected chi connectivity index (χ3v) is 3.64. The van der Waals surface area contributed by atoms with Crippen LogP contribution in [0.25, 0.3) is 10.8 Å². The van der Waals surface area contributed by atoms with Crippen molar-refractivity contribution in [2.75, 3.05) is 11.9 Å². The van der Waals surface area contributed by atoms with Gasteiger partial charge in [0.2, 0.25) is 0 Å². The van der Waals surface area contributed by atoms with E-state index in [2.05, 4.69) is 64.9 Å². The standard InChI is InChI=1S/C17H19N3/c1-13-16(12-19-20-13)7-4-10-18-17-9-8-14-5-2-3-6-15(14)11-17/h2-3,5-6,8-9,11-12,18H,4,7,10H2,1H3,(H,19,20). The van der Waals surface area contributed by atoms with E-state index in [1.54, 1.807) is 0 Å². The molecule has 0 saturated carbocycles. The summed E-state index contributed by atoms with van der Waals surface area (Å²) in [6.45, 7) is 3.04. The van der Waals surface area contributed by atoms with Crippen molar-refractivity contribution in [3.8, 4) is 0 Å². The average Bonchev–Trinajstić information content (AvgIpc) is 2.89. The molecule has 2 N–H and O–H groups in total. The summed E-state index contributed by atoms with van der Waals surface area (Å²) in [6, 6.07) is 15.0. The molecule has 0 saturated heterocycles. The number of H-pyrrole nitrogens is 1. The van der Waals surface area contributed by atoms with Crippen LogP contribution in [0.2, 0.25) is 0 Å². The second kappa shape index (κ2) is 5.78. The topological polar surface area (TPSA) is 40.7 Å². The monoisotopic (exact) mass is 265 g/mol. The van der Waals surface area contributed by atoms with Crippen molar-refractivity contribution in [1.82, 2.24) is 10.2 Å². The van der Waals surface area contributed by atoms with Crippen LogP contribution >= 0.6 is 0 Å². The van der Waals surface area contributed by atoms with E-state index in [1.165, 1.54) is 27.7 Å². The highest BCUT2D eigenvalue weighted by Crippen LogP contribution is 2.18. The molecule has 3 nitrogen and oxygen atoms in total. The van der Waals surface area contributed by atoms with Crippen LogP contribution in [-0.2, 0) is 6.42 Å². The summed E-state index contributed by atoms with van der Waals surface area (Å²) >= 11 is 0. The number of aromatic nitrogens is 2. The molecule has 3 rings (SSSR count). The summed E-state index contributed by atoms with van der Waals surface area (Å²) in [5.74, 6) is 0. The van der Waals surface area contributed by atoms with Gasteiger partial charge in [-0.3, -0.25) is 5.10 Å². The molecule has 0 aliphatic heterocycles. The zero-order valence-electron chi connectivity index (χ0n) is 11.7. The van der Waals surface area contributed by atoms with Crippen molar-refractivity contribution in [1.29, 1.82) is 0 Å². The highest BCUT2D eigenvalue weighted by Gasteiger charge is 2.00. The Kier molecular flexibility index (Phi) is 3.68. The lowest BCUT2D eigenvalue weighted by atomic mass is 10.1. The molecule has 0 spiro atoms. The molecule has 0 amide bonds. The van der Waals surface area contributed by atoms with Gasteiger partial charge in [0, 0.05) is 17.9 Å². The van der Waals surface area contributed by atoms with Crippen LogP contribution < -0.4 is 5.32 Å². The van der Waals surface area contributed by atoms with Gasteiger partial charge in [-0.2, -0.15) is 5.10 Å². The third-order valence-electron chi connectivity index (χ3n) is 3.64. The second-order valence-electron chi connectivity index (χ2n) is 5.11. The quantitative estimate of drug-likeness (QED) is 0.686. The van der Waals surface area contributed by atoms with Crippen molar-refractivity contribution in [2.24, 2.45) is 0 Å². The first-order chi connectivity index (χ1) is 9.83. The maximum Gasteiger partial charge on any atom is 0.0522 e. The van der Waals surface area contributed by atoms with Gasteiger partial charge in [-0.15, -0.1) is 0 Å². The van der Waals surface area contributed by atoms with Crippen LogP contribution in [0.5, 0.6) is 0 Å². The van der Waals surface area contributed by atoms with E-state index in [4.69, 9.17) is 0 Å². The summed E-state index contributed by atoms with van der Waals surface area (Å²) in [6.07, 6.45) is 4.08. The molecule has 0 fully saturated rings. The van der Waals surface area contributed by atoms with E-state index in [0.29, 0.717) is 0 Å². The average molecular weight is 265 g/mol. The highest BCUT2D eigenvalue weighted by molar-refractivity contribution is 5.85. The van der Waals surface area contributed by atoms with Gasteiger partial charge in [0.25, 0.3) is 0 Å². The van der Waals surface area contributed by atoms with E-state index in [9.17, 15) is 0 Å². The van der Waals surface area contributed by atoms with E-state index < -0.39 is 0 Å². The Bertz CT molecular complexity index is 700. The molecule has 0 atom stereocenters. The molecule has 1 aromatic heterocycles. The van der Waals surface area contributed by atoms with Gasteiger partial charge < -0.3 is 5.32 Å². The summed E-state index contributed by atoms with van der Waals surface area (Å²) in [5, 5.41) is 13.1. The van der Waals surface area contributed by atoms with Gasteiger partial charge in [0.15, 0.2) is 0 Å². The molecule has 0 unspecified atom stereocenters. The lowest BCUT2D eigenvalue weighted by Gasteiger charge is -2.07. The van der Waals surface area contributed by atoms with Crippen molar-refractivity contribution >= 4 is 16.5 Å². The Morgan fingerprint density at radius 3 is 2.75 bits per heavy atom. The Morgan fingerprint density at radius 1 is 1.10 bits per heavy atom. The van der Waals surface area contributed by atoms with Crippen LogP contribution in [0.1, 0.15) is 17.7 Å². The SMILES string of the molecule is Cc1[nH]ncc1CCCNc1ccc2ccccc2c1. The van der Waals surface area contributed by atoms with Gasteiger partial charge in [0.1, 0.15) is 0 Å². The number of anilines is 1. The fourth-order valence-corrected chi connectivity index (χ4v) is 2.44. The molecule has 2 aromatic carbocycles. The molecule has 0 radical (unpaired) electrons. The first-order valence-electron chi connectivity index (χ1n) is 7.04. The number of hydrogen-bond donors (Lipinski definition) is 2. The van der Waals surface area contributed by atoms with Crippen molar-refractivity contribution in [3.63, 3.8) is 0 Å². The lowest BCUT2D eigenvalue weighted by Crippen LogP contribution is -2.03. The number of aryl methyl sites for hydroxylation is 2. The second-order valence-corrected chi connectivity index (χ2v) is 5.11. The number of benzene rings is 2. The maximum absolute atomic E-state index is 4.05. The first-order valence-corrected chi connectivity index (χ1v) is 7.04. The van der Waals surface area contributed by atoms with Gasteiger partial charge in [-0.1, -0.05) is 30.3 Å². The summed E-state index contributed by atoms with van der Waals surface area (Å²) in [7, 11) is 0. The minimum Gasteiger partial charge on any atom is -0.385 e. The Labute approximate surface area is 119 Å². The molecule has 20 heavy (non-hydrogen) atoms. The smallest absolute Gasteiger partial charge is 0.0522 e. The van der Waals surface area contributed by atoms with E-state index in [-0.39, 0.29) is 0 Å². The molecular formula is C17H19N3. The van der Waals surface area contributed by atoms with Gasteiger partial charge in [-0.25, -0.2) is 0 Å².